The highest BCUT2D eigenvalue weighted by Crippen LogP contribution is 2.46. The molecule has 4 heteroatoms. The summed E-state index contributed by atoms with van der Waals surface area (Å²) in [7, 11) is 0. The Morgan fingerprint density at radius 3 is 1.67 bits per heavy atom. The van der Waals surface area contributed by atoms with Crippen molar-refractivity contribution in [2.75, 3.05) is 0 Å². The lowest BCUT2D eigenvalue weighted by Crippen LogP contribution is -1.96. The van der Waals surface area contributed by atoms with Gasteiger partial charge in [0.05, 0.1) is 27.3 Å². The second kappa shape index (κ2) is 12.8. The number of rotatable bonds is 5. The highest BCUT2D eigenvalue weighted by atomic mass is 32.1. The van der Waals surface area contributed by atoms with Gasteiger partial charge >= 0.3 is 0 Å². The molecule has 11 rings (SSSR count). The normalized spacial score (nSPS) is 11.6. The first-order valence-electron chi connectivity index (χ1n) is 18.5. The van der Waals surface area contributed by atoms with Gasteiger partial charge in [0.15, 0.2) is 5.82 Å². The average molecular weight is 718 g/mol. The van der Waals surface area contributed by atoms with E-state index in [4.69, 9.17) is 15.0 Å². The third-order valence-corrected chi connectivity index (χ3v) is 11.9. The van der Waals surface area contributed by atoms with E-state index >= 15 is 0 Å². The molecule has 0 N–H and O–H groups in total. The van der Waals surface area contributed by atoms with Gasteiger partial charge in [-0.05, 0) is 45.3 Å². The Morgan fingerprint density at radius 2 is 0.945 bits per heavy atom. The summed E-state index contributed by atoms with van der Waals surface area (Å²) < 4.78 is 2.48. The van der Waals surface area contributed by atoms with Crippen LogP contribution >= 0.6 is 11.3 Å². The number of nitrogens with zero attached hydrogens (tertiary/aromatic N) is 3. The predicted octanol–water partition coefficient (Wildman–Crippen LogP) is 14.0. The Hall–Kier alpha value is -7.01. The molecule has 55 heavy (non-hydrogen) atoms. The Morgan fingerprint density at radius 1 is 0.364 bits per heavy atom. The minimum atomic E-state index is 0.694. The molecule has 3 heterocycles. The van der Waals surface area contributed by atoms with E-state index in [1.54, 1.807) is 0 Å². The first kappa shape index (κ1) is 31.5. The van der Waals surface area contributed by atoms with E-state index < -0.39 is 0 Å². The summed E-state index contributed by atoms with van der Waals surface area (Å²) in [6, 6.07) is 66.5. The Kier molecular flexibility index (Phi) is 7.35. The van der Waals surface area contributed by atoms with Crippen LogP contribution in [-0.2, 0) is 0 Å². The third kappa shape index (κ3) is 5.30. The van der Waals surface area contributed by atoms with Crippen molar-refractivity contribution in [3.63, 3.8) is 0 Å². The van der Waals surface area contributed by atoms with Gasteiger partial charge in [-0.1, -0.05) is 170 Å². The van der Waals surface area contributed by atoms with Gasteiger partial charge in [-0.2, -0.15) is 0 Å². The number of hydrogen-bond acceptors (Lipinski definition) is 4. The van der Waals surface area contributed by atoms with Crippen molar-refractivity contribution in [2.24, 2.45) is 0 Å². The summed E-state index contributed by atoms with van der Waals surface area (Å²) in [6.07, 6.45) is 0. The van der Waals surface area contributed by atoms with Gasteiger partial charge in [-0.25, -0.2) is 15.0 Å². The van der Waals surface area contributed by atoms with E-state index in [0.717, 1.165) is 61.4 Å². The quantitative estimate of drug-likeness (QED) is 0.166. The molecule has 0 atom stereocenters. The zero-order chi connectivity index (χ0) is 36.3. The molecule has 0 unspecified atom stereocenters. The third-order valence-electron chi connectivity index (χ3n) is 10.7. The van der Waals surface area contributed by atoms with E-state index in [1.807, 2.05) is 47.7 Å². The zero-order valence-corrected chi connectivity index (χ0v) is 30.5. The maximum Gasteiger partial charge on any atom is 0.160 e. The van der Waals surface area contributed by atoms with E-state index in [9.17, 15) is 0 Å². The Balaban J connectivity index is 1.12. The lowest BCUT2D eigenvalue weighted by molar-refractivity contribution is 1.18. The molecule has 0 aliphatic heterocycles. The van der Waals surface area contributed by atoms with Gasteiger partial charge in [0.1, 0.15) is 0 Å². The number of benzene rings is 8. The molecule has 0 aliphatic carbocycles. The first-order chi connectivity index (χ1) is 27.3. The van der Waals surface area contributed by atoms with Crippen LogP contribution in [-0.4, -0.2) is 15.0 Å². The predicted molar refractivity (Wildman–Crippen MR) is 232 cm³/mol. The van der Waals surface area contributed by atoms with Gasteiger partial charge in [-0.3, -0.25) is 0 Å². The number of fused-ring (bicyclic) bond motifs is 8. The topological polar surface area (TPSA) is 38.7 Å². The molecule has 0 aliphatic rings. The second-order valence-electron chi connectivity index (χ2n) is 13.9. The van der Waals surface area contributed by atoms with Crippen LogP contribution in [0.25, 0.3) is 109 Å². The molecule has 3 nitrogen and oxygen atoms in total. The number of para-hydroxylation sites is 1. The fourth-order valence-electron chi connectivity index (χ4n) is 8.06. The molecule has 256 valence electrons. The van der Waals surface area contributed by atoms with E-state index in [-0.39, 0.29) is 0 Å². The van der Waals surface area contributed by atoms with Crippen molar-refractivity contribution in [3.05, 3.63) is 188 Å². The Labute approximate surface area is 321 Å². The molecule has 0 spiro atoms. The fourth-order valence-corrected chi connectivity index (χ4v) is 9.28. The van der Waals surface area contributed by atoms with Gasteiger partial charge < -0.3 is 0 Å². The lowest BCUT2D eigenvalue weighted by atomic mass is 9.93. The number of pyridine rings is 1. The van der Waals surface area contributed by atoms with Crippen molar-refractivity contribution < 1.29 is 0 Å². The summed E-state index contributed by atoms with van der Waals surface area (Å²) in [5.41, 5.74) is 10.2. The van der Waals surface area contributed by atoms with Crippen molar-refractivity contribution in [2.45, 2.75) is 0 Å². The zero-order valence-electron chi connectivity index (χ0n) is 29.6. The molecule has 11 aromatic rings. The molecule has 0 amide bonds. The van der Waals surface area contributed by atoms with Crippen molar-refractivity contribution in [1.29, 1.82) is 0 Å². The van der Waals surface area contributed by atoms with Crippen molar-refractivity contribution in [3.8, 4) is 56.3 Å². The highest BCUT2D eigenvalue weighted by molar-refractivity contribution is 7.26. The maximum absolute atomic E-state index is 5.66. The summed E-state index contributed by atoms with van der Waals surface area (Å²) >= 11 is 1.84. The average Bonchev–Trinajstić information content (AvgIpc) is 3.66. The van der Waals surface area contributed by atoms with Crippen LogP contribution in [0.5, 0.6) is 0 Å². The van der Waals surface area contributed by atoms with Gasteiger partial charge in [0, 0.05) is 48.7 Å². The summed E-state index contributed by atoms with van der Waals surface area (Å²) in [5.74, 6) is 0.694. The van der Waals surface area contributed by atoms with E-state index in [2.05, 4.69) is 152 Å². The second-order valence-corrected chi connectivity index (χ2v) is 15.0. The largest absolute Gasteiger partial charge is 0.246 e. The van der Waals surface area contributed by atoms with Gasteiger partial charge in [0.25, 0.3) is 0 Å². The van der Waals surface area contributed by atoms with E-state index in [0.29, 0.717) is 5.82 Å². The van der Waals surface area contributed by atoms with Crippen LogP contribution in [0.2, 0.25) is 0 Å². The fraction of sp³-hybridized carbons (Fsp3) is 0. The molecular formula is C51H31N3S. The smallest absolute Gasteiger partial charge is 0.160 e. The molecule has 0 fully saturated rings. The van der Waals surface area contributed by atoms with E-state index in [1.165, 1.54) is 41.7 Å². The summed E-state index contributed by atoms with van der Waals surface area (Å²) in [4.78, 5) is 15.8. The highest BCUT2D eigenvalue weighted by Gasteiger charge is 2.20. The van der Waals surface area contributed by atoms with Crippen molar-refractivity contribution >= 4 is 64.0 Å². The molecule has 0 radical (unpaired) electrons. The van der Waals surface area contributed by atoms with Crippen LogP contribution < -0.4 is 0 Å². The van der Waals surface area contributed by atoms with Crippen LogP contribution in [0.1, 0.15) is 0 Å². The lowest BCUT2D eigenvalue weighted by Gasteiger charge is -2.14. The standard InChI is InChI=1S/C51H31N3S/c1-3-14-33(15-4-1)44-31-45(34-16-5-2-6-17-34)53-51(52-44)35-28-26-32(27-29-35)38-23-13-24-42-47-41-22-11-12-25-46(41)55-50(47)49(54-48(38)42)43-30-36-18-7-8-19-37(36)39-20-9-10-21-40(39)43/h1-31H. The number of hydrogen-bond donors (Lipinski definition) is 0. The minimum Gasteiger partial charge on any atom is -0.246 e. The van der Waals surface area contributed by atoms with Gasteiger partial charge in [0.2, 0.25) is 0 Å². The summed E-state index contributed by atoms with van der Waals surface area (Å²) in [5, 5.41) is 8.60. The van der Waals surface area contributed by atoms with Crippen LogP contribution in [0.3, 0.4) is 0 Å². The molecule has 0 saturated carbocycles. The molecule has 8 aromatic carbocycles. The number of aromatic nitrogens is 3. The van der Waals surface area contributed by atoms with Crippen LogP contribution in [0.15, 0.2) is 188 Å². The number of thiophene rings is 1. The van der Waals surface area contributed by atoms with Crippen LogP contribution in [0, 0.1) is 0 Å². The SMILES string of the molecule is c1ccc(-c2cc(-c3ccccc3)nc(-c3ccc(-c4cccc5c4nc(-c4cc6ccccc6c6ccccc46)c4sc6ccccc6c45)cc3)n2)cc1. The maximum atomic E-state index is 5.66. The van der Waals surface area contributed by atoms with Crippen molar-refractivity contribution in [1.82, 2.24) is 15.0 Å². The molecule has 0 saturated heterocycles. The summed E-state index contributed by atoms with van der Waals surface area (Å²) in [6.45, 7) is 0. The monoisotopic (exact) mass is 717 g/mol. The first-order valence-corrected chi connectivity index (χ1v) is 19.3. The van der Waals surface area contributed by atoms with Crippen LogP contribution in [0.4, 0.5) is 0 Å². The molecule has 3 aromatic heterocycles. The minimum absolute atomic E-state index is 0.694. The van der Waals surface area contributed by atoms with Gasteiger partial charge in [-0.15, -0.1) is 11.3 Å². The molecular weight excluding hydrogens is 687 g/mol. The Bertz CT molecular complexity index is 3180. The molecule has 0 bridgehead atoms.